The number of thiophene rings is 1. The Kier molecular flexibility index (Phi) is 6.45. The third kappa shape index (κ3) is 6.15. The summed E-state index contributed by atoms with van der Waals surface area (Å²) in [5.74, 6) is -0.643. The fraction of sp³-hybridized carbons (Fsp3) is 0.667. The molecule has 24 heavy (non-hydrogen) atoms. The van der Waals surface area contributed by atoms with Crippen LogP contribution in [0.25, 0.3) is 0 Å². The summed E-state index contributed by atoms with van der Waals surface area (Å²) in [6, 6.07) is 1.80. The van der Waals surface area contributed by atoms with E-state index < -0.39 is 5.60 Å². The van der Waals surface area contributed by atoms with E-state index in [2.05, 4.69) is 26.1 Å². The summed E-state index contributed by atoms with van der Waals surface area (Å²) in [5, 5.41) is 3.24. The predicted molar refractivity (Wildman–Crippen MR) is 97.9 cm³/mol. The number of rotatable bonds is 5. The highest BCUT2D eigenvalue weighted by atomic mass is 32.1. The highest BCUT2D eigenvalue weighted by Crippen LogP contribution is 2.36. The van der Waals surface area contributed by atoms with Crippen LogP contribution in [0.1, 0.15) is 69.4 Å². The smallest absolute Gasteiger partial charge is 0.350 e. The van der Waals surface area contributed by atoms with Gasteiger partial charge in [-0.15, -0.1) is 11.3 Å². The van der Waals surface area contributed by atoms with Crippen LogP contribution >= 0.6 is 11.3 Å². The first kappa shape index (κ1) is 20.5. The van der Waals surface area contributed by atoms with Crippen LogP contribution in [0.4, 0.5) is 5.69 Å². The zero-order valence-corrected chi connectivity index (χ0v) is 16.7. The van der Waals surface area contributed by atoms with E-state index in [9.17, 15) is 9.59 Å². The van der Waals surface area contributed by atoms with Gasteiger partial charge in [0.05, 0.1) is 19.2 Å². The summed E-state index contributed by atoms with van der Waals surface area (Å²) in [5.41, 5.74) is 0.130. The Morgan fingerprint density at radius 2 is 1.79 bits per heavy atom. The molecule has 0 aliphatic heterocycles. The van der Waals surface area contributed by atoms with Crippen molar-refractivity contribution in [3.63, 3.8) is 0 Å². The van der Waals surface area contributed by atoms with Gasteiger partial charge < -0.3 is 14.8 Å². The van der Waals surface area contributed by atoms with E-state index >= 15 is 0 Å². The number of methoxy groups -OCH3 is 1. The lowest BCUT2D eigenvalue weighted by Crippen LogP contribution is -2.28. The number of esters is 2. The van der Waals surface area contributed by atoms with Crippen LogP contribution < -0.4 is 5.32 Å². The molecular weight excluding hydrogens is 326 g/mol. The van der Waals surface area contributed by atoms with Crippen molar-refractivity contribution in [3.05, 3.63) is 15.8 Å². The van der Waals surface area contributed by atoms with Crippen molar-refractivity contribution in [2.45, 2.75) is 71.9 Å². The molecule has 0 unspecified atom stereocenters. The number of carbonyl (C=O) groups is 2. The van der Waals surface area contributed by atoms with E-state index in [4.69, 9.17) is 9.47 Å². The third-order valence-electron chi connectivity index (χ3n) is 3.14. The van der Waals surface area contributed by atoms with Crippen LogP contribution in [0.5, 0.6) is 0 Å². The standard InChI is InChI=1S/C18H29NO4S/c1-11(9-14(20)23-18(5,6)7)19-12-10-13(17(2,3)4)24-15(12)16(21)22-8/h10-11,19H,9H2,1-8H3/t11-/m0/s1. The molecule has 136 valence electrons. The fourth-order valence-electron chi connectivity index (χ4n) is 2.06. The molecule has 0 aliphatic carbocycles. The number of hydrogen-bond acceptors (Lipinski definition) is 6. The van der Waals surface area contributed by atoms with Crippen molar-refractivity contribution >= 4 is 29.0 Å². The minimum atomic E-state index is -0.504. The zero-order valence-electron chi connectivity index (χ0n) is 15.9. The maximum absolute atomic E-state index is 12.0. The lowest BCUT2D eigenvalue weighted by Gasteiger charge is -2.21. The van der Waals surface area contributed by atoms with Crippen molar-refractivity contribution in [2.24, 2.45) is 0 Å². The lowest BCUT2D eigenvalue weighted by molar-refractivity contribution is -0.154. The Labute approximate surface area is 148 Å². The summed E-state index contributed by atoms with van der Waals surface area (Å²) in [7, 11) is 1.37. The van der Waals surface area contributed by atoms with Gasteiger partial charge in [-0.3, -0.25) is 4.79 Å². The summed E-state index contributed by atoms with van der Waals surface area (Å²) >= 11 is 1.42. The summed E-state index contributed by atoms with van der Waals surface area (Å²) in [6.07, 6.45) is 0.221. The van der Waals surface area contributed by atoms with Crippen molar-refractivity contribution in [1.82, 2.24) is 0 Å². The Morgan fingerprint density at radius 1 is 1.21 bits per heavy atom. The SMILES string of the molecule is COC(=O)c1sc(C(C)(C)C)cc1N[C@@H](C)CC(=O)OC(C)(C)C. The van der Waals surface area contributed by atoms with E-state index in [0.717, 1.165) is 4.88 Å². The predicted octanol–water partition coefficient (Wildman–Crippen LogP) is 4.36. The number of ether oxygens (including phenoxy) is 2. The molecule has 0 aliphatic rings. The molecule has 1 aromatic heterocycles. The highest BCUT2D eigenvalue weighted by molar-refractivity contribution is 7.14. The lowest BCUT2D eigenvalue weighted by atomic mass is 9.94. The second-order valence-corrected chi connectivity index (χ2v) is 8.98. The summed E-state index contributed by atoms with van der Waals surface area (Å²) in [4.78, 5) is 25.6. The van der Waals surface area contributed by atoms with Gasteiger partial charge in [-0.1, -0.05) is 20.8 Å². The molecule has 0 amide bonds. The molecular formula is C18H29NO4S. The number of carbonyl (C=O) groups excluding carboxylic acids is 2. The van der Waals surface area contributed by atoms with Gasteiger partial charge >= 0.3 is 11.9 Å². The minimum absolute atomic E-state index is 0.0677. The molecule has 1 N–H and O–H groups in total. The van der Waals surface area contributed by atoms with E-state index in [1.54, 1.807) is 0 Å². The molecule has 0 saturated carbocycles. The average Bonchev–Trinajstić information content (AvgIpc) is 2.78. The highest BCUT2D eigenvalue weighted by Gasteiger charge is 2.25. The third-order valence-corrected chi connectivity index (χ3v) is 4.68. The van der Waals surface area contributed by atoms with Gasteiger partial charge in [0.1, 0.15) is 10.5 Å². The van der Waals surface area contributed by atoms with Crippen molar-refractivity contribution < 1.29 is 19.1 Å². The Morgan fingerprint density at radius 3 is 2.25 bits per heavy atom. The summed E-state index contributed by atoms with van der Waals surface area (Å²) in [6.45, 7) is 13.7. The normalized spacial score (nSPS) is 13.3. The average molecular weight is 356 g/mol. The van der Waals surface area contributed by atoms with Gasteiger partial charge in [-0.05, 0) is 39.2 Å². The van der Waals surface area contributed by atoms with Gasteiger partial charge in [0.2, 0.25) is 0 Å². The van der Waals surface area contributed by atoms with E-state index in [0.29, 0.717) is 10.6 Å². The topological polar surface area (TPSA) is 64.6 Å². The molecule has 6 heteroatoms. The maximum Gasteiger partial charge on any atom is 0.350 e. The van der Waals surface area contributed by atoms with E-state index in [1.807, 2.05) is 33.8 Å². The quantitative estimate of drug-likeness (QED) is 0.795. The fourth-order valence-corrected chi connectivity index (χ4v) is 3.16. The zero-order chi connectivity index (χ0) is 18.7. The minimum Gasteiger partial charge on any atom is -0.465 e. The number of hydrogen-bond donors (Lipinski definition) is 1. The van der Waals surface area contributed by atoms with Crippen molar-refractivity contribution in [2.75, 3.05) is 12.4 Å². The Hall–Kier alpha value is -1.56. The molecule has 1 aromatic rings. The van der Waals surface area contributed by atoms with Crippen LogP contribution in [0.2, 0.25) is 0 Å². The van der Waals surface area contributed by atoms with Gasteiger partial charge in [0.25, 0.3) is 0 Å². The maximum atomic E-state index is 12.0. The van der Waals surface area contributed by atoms with Gasteiger partial charge in [0, 0.05) is 10.9 Å². The van der Waals surface area contributed by atoms with Crippen molar-refractivity contribution in [1.29, 1.82) is 0 Å². The molecule has 5 nitrogen and oxygen atoms in total. The molecule has 0 saturated heterocycles. The van der Waals surface area contributed by atoms with Crippen molar-refractivity contribution in [3.8, 4) is 0 Å². The number of anilines is 1. The van der Waals surface area contributed by atoms with Gasteiger partial charge in [0.15, 0.2) is 0 Å². The van der Waals surface area contributed by atoms with Crippen LogP contribution in [-0.4, -0.2) is 30.7 Å². The van der Waals surface area contributed by atoms with Gasteiger partial charge in [-0.2, -0.15) is 0 Å². The summed E-state index contributed by atoms with van der Waals surface area (Å²) < 4.78 is 10.2. The molecule has 0 bridgehead atoms. The van der Waals surface area contributed by atoms with Crippen LogP contribution in [0, 0.1) is 0 Å². The van der Waals surface area contributed by atoms with Crippen LogP contribution in [0.15, 0.2) is 6.07 Å². The Bertz CT molecular complexity index is 593. The molecule has 1 rings (SSSR count). The first-order valence-corrected chi connectivity index (χ1v) is 8.86. The number of nitrogens with one attached hydrogen (secondary N) is 1. The molecule has 0 aromatic carbocycles. The van der Waals surface area contributed by atoms with E-state index in [-0.39, 0.29) is 29.8 Å². The second kappa shape index (κ2) is 7.55. The first-order valence-electron chi connectivity index (χ1n) is 8.04. The van der Waals surface area contributed by atoms with Crippen LogP contribution in [-0.2, 0) is 19.7 Å². The van der Waals surface area contributed by atoms with E-state index in [1.165, 1.54) is 18.4 Å². The molecule has 0 radical (unpaired) electrons. The molecule has 0 fully saturated rings. The second-order valence-electron chi connectivity index (χ2n) is 7.93. The largest absolute Gasteiger partial charge is 0.465 e. The van der Waals surface area contributed by atoms with Crippen LogP contribution in [0.3, 0.4) is 0 Å². The first-order chi connectivity index (χ1) is 10.8. The monoisotopic (exact) mass is 355 g/mol. The van der Waals surface area contributed by atoms with Gasteiger partial charge in [-0.25, -0.2) is 4.79 Å². The Balaban J connectivity index is 2.91. The molecule has 1 atom stereocenters. The molecule has 0 spiro atoms. The molecule has 1 heterocycles.